The molecule has 1 saturated heterocycles. The number of nitrogens with zero attached hydrogens (tertiary/aromatic N) is 1. The number of aryl methyl sites for hydroxylation is 1. The maximum absolute atomic E-state index is 10.7. The van der Waals surface area contributed by atoms with Crippen LogP contribution in [0.4, 0.5) is 5.69 Å². The van der Waals surface area contributed by atoms with E-state index >= 15 is 0 Å². The average molecular weight is 338 g/mol. The van der Waals surface area contributed by atoms with Crippen molar-refractivity contribution in [3.63, 3.8) is 0 Å². The fourth-order valence-electron chi connectivity index (χ4n) is 3.50. The molecule has 0 saturated carbocycles. The lowest BCUT2D eigenvalue weighted by molar-refractivity contribution is -0.136. The third-order valence-corrected chi connectivity index (χ3v) is 4.97. The zero-order valence-corrected chi connectivity index (χ0v) is 14.7. The van der Waals surface area contributed by atoms with Crippen molar-refractivity contribution < 1.29 is 9.90 Å². The first-order valence-corrected chi connectivity index (χ1v) is 8.98. The Morgan fingerprint density at radius 1 is 1.24 bits per heavy atom. The lowest BCUT2D eigenvalue weighted by Crippen LogP contribution is -2.28. The van der Waals surface area contributed by atoms with Gasteiger partial charge in [0.15, 0.2) is 0 Å². The highest BCUT2D eigenvalue weighted by atomic mass is 16.4. The summed E-state index contributed by atoms with van der Waals surface area (Å²) in [7, 11) is 0. The molecule has 2 N–H and O–H groups in total. The number of carboxylic acid groups (broad SMARTS) is 1. The van der Waals surface area contributed by atoms with Crippen molar-refractivity contribution >= 4 is 11.7 Å². The Labute approximate surface area is 149 Å². The van der Waals surface area contributed by atoms with E-state index in [4.69, 9.17) is 5.11 Å². The zero-order chi connectivity index (χ0) is 17.6. The van der Waals surface area contributed by atoms with Crippen LogP contribution < -0.4 is 5.32 Å². The molecule has 0 bridgehead atoms. The normalized spacial score (nSPS) is 18.8. The van der Waals surface area contributed by atoms with Crippen LogP contribution >= 0.6 is 0 Å². The Hall–Kier alpha value is -2.33. The molecule has 2 atom stereocenters. The molecule has 2 aromatic carbocycles. The summed E-state index contributed by atoms with van der Waals surface area (Å²) in [4.78, 5) is 13.2. The number of hydrogen-bond acceptors (Lipinski definition) is 3. The summed E-state index contributed by atoms with van der Waals surface area (Å²) in [5, 5.41) is 12.4. The van der Waals surface area contributed by atoms with Gasteiger partial charge in [-0.2, -0.15) is 0 Å². The summed E-state index contributed by atoms with van der Waals surface area (Å²) >= 11 is 0. The van der Waals surface area contributed by atoms with Gasteiger partial charge >= 0.3 is 5.97 Å². The van der Waals surface area contributed by atoms with E-state index < -0.39 is 5.97 Å². The minimum absolute atomic E-state index is 0.176. The van der Waals surface area contributed by atoms with Gasteiger partial charge in [0.1, 0.15) is 0 Å². The number of benzene rings is 2. The molecule has 1 heterocycles. The molecule has 2 unspecified atom stereocenters. The van der Waals surface area contributed by atoms with Crippen molar-refractivity contribution in [1.29, 1.82) is 0 Å². The molecule has 1 fully saturated rings. The first kappa shape index (κ1) is 17.5. The van der Waals surface area contributed by atoms with E-state index in [1.165, 1.54) is 5.56 Å². The number of nitrogens with one attached hydrogen (secondary N) is 1. The Morgan fingerprint density at radius 2 is 2.04 bits per heavy atom. The second kappa shape index (κ2) is 8.17. The molecule has 4 nitrogen and oxygen atoms in total. The quantitative estimate of drug-likeness (QED) is 0.802. The van der Waals surface area contributed by atoms with Gasteiger partial charge in [-0.25, -0.2) is 0 Å². The molecule has 4 heteroatoms. The van der Waals surface area contributed by atoms with Crippen molar-refractivity contribution in [2.24, 2.45) is 0 Å². The predicted molar refractivity (Wildman–Crippen MR) is 101 cm³/mol. The van der Waals surface area contributed by atoms with Crippen LogP contribution in [0, 0.1) is 0 Å². The molecular formula is C21H26N2O2. The monoisotopic (exact) mass is 338 g/mol. The number of anilines is 1. The maximum Gasteiger partial charge on any atom is 0.303 e. The number of rotatable bonds is 7. The zero-order valence-electron chi connectivity index (χ0n) is 14.7. The van der Waals surface area contributed by atoms with Crippen LogP contribution in [0.5, 0.6) is 0 Å². The summed E-state index contributed by atoms with van der Waals surface area (Å²) in [6, 6.07) is 19.6. The van der Waals surface area contributed by atoms with Crippen LogP contribution in [0.3, 0.4) is 0 Å². The fourth-order valence-corrected chi connectivity index (χ4v) is 3.50. The highest BCUT2D eigenvalue weighted by molar-refractivity contribution is 5.67. The molecule has 25 heavy (non-hydrogen) atoms. The van der Waals surface area contributed by atoms with E-state index in [9.17, 15) is 4.79 Å². The van der Waals surface area contributed by atoms with Gasteiger partial charge in [0.2, 0.25) is 0 Å². The molecule has 0 amide bonds. The van der Waals surface area contributed by atoms with Crippen molar-refractivity contribution in [1.82, 2.24) is 4.90 Å². The summed E-state index contributed by atoms with van der Waals surface area (Å²) < 4.78 is 0. The number of aliphatic carboxylic acids is 1. The van der Waals surface area contributed by atoms with Crippen LogP contribution in [-0.2, 0) is 11.2 Å². The largest absolute Gasteiger partial charge is 0.481 e. The Morgan fingerprint density at radius 3 is 2.80 bits per heavy atom. The molecule has 132 valence electrons. The lowest BCUT2D eigenvalue weighted by Gasteiger charge is -2.25. The molecule has 2 aromatic rings. The minimum Gasteiger partial charge on any atom is -0.481 e. The van der Waals surface area contributed by atoms with Crippen LogP contribution in [0.15, 0.2) is 54.6 Å². The Balaban J connectivity index is 1.56. The molecule has 0 radical (unpaired) electrons. The third-order valence-electron chi connectivity index (χ3n) is 4.97. The second-order valence-corrected chi connectivity index (χ2v) is 6.81. The van der Waals surface area contributed by atoms with Crippen LogP contribution in [0.1, 0.15) is 36.9 Å². The lowest BCUT2D eigenvalue weighted by atomic mass is 10.1. The van der Waals surface area contributed by atoms with E-state index in [-0.39, 0.29) is 6.42 Å². The third kappa shape index (κ3) is 4.83. The Bertz CT molecular complexity index is 702. The number of carbonyl (C=O) groups is 1. The first-order valence-electron chi connectivity index (χ1n) is 8.98. The molecule has 3 rings (SSSR count). The molecule has 0 spiro atoms. The predicted octanol–water partition coefficient (Wildman–Crippen LogP) is 3.95. The van der Waals surface area contributed by atoms with Gasteiger partial charge in [-0.05, 0) is 43.0 Å². The van der Waals surface area contributed by atoms with Gasteiger partial charge in [-0.1, -0.05) is 42.5 Å². The van der Waals surface area contributed by atoms with Gasteiger partial charge in [0, 0.05) is 37.3 Å². The summed E-state index contributed by atoms with van der Waals surface area (Å²) in [5.74, 6) is -0.750. The molecule has 1 aliphatic rings. The van der Waals surface area contributed by atoms with Crippen molar-refractivity contribution in [3.05, 3.63) is 65.7 Å². The van der Waals surface area contributed by atoms with Gasteiger partial charge in [0.25, 0.3) is 0 Å². The second-order valence-electron chi connectivity index (χ2n) is 6.81. The Kier molecular flexibility index (Phi) is 5.71. The van der Waals surface area contributed by atoms with Crippen molar-refractivity contribution in [2.45, 2.75) is 38.3 Å². The van der Waals surface area contributed by atoms with Gasteiger partial charge in [-0.15, -0.1) is 0 Å². The molecule has 0 aromatic heterocycles. The smallest absolute Gasteiger partial charge is 0.303 e. The highest BCUT2D eigenvalue weighted by Crippen LogP contribution is 2.26. The standard InChI is InChI=1S/C21H26N2O2/c1-16(18-7-3-2-4-8-18)23-13-12-20(15-23)22-19-9-5-6-17(14-19)10-11-21(24)25/h2-9,14,16,20,22H,10-13,15H2,1H3,(H,24,25). The average Bonchev–Trinajstić information content (AvgIpc) is 3.09. The highest BCUT2D eigenvalue weighted by Gasteiger charge is 2.26. The van der Waals surface area contributed by atoms with Gasteiger partial charge < -0.3 is 10.4 Å². The summed E-state index contributed by atoms with van der Waals surface area (Å²) in [6.07, 6.45) is 1.87. The van der Waals surface area contributed by atoms with Crippen molar-refractivity contribution in [2.75, 3.05) is 18.4 Å². The minimum atomic E-state index is -0.750. The van der Waals surface area contributed by atoms with E-state index in [1.807, 2.05) is 12.1 Å². The summed E-state index contributed by atoms with van der Waals surface area (Å²) in [6.45, 7) is 4.38. The molecule has 1 aliphatic heterocycles. The number of carboxylic acids is 1. The topological polar surface area (TPSA) is 52.6 Å². The first-order chi connectivity index (χ1) is 12.1. The fraction of sp³-hybridized carbons (Fsp3) is 0.381. The number of likely N-dealkylation sites (tertiary alicyclic amines) is 1. The van der Waals surface area contributed by atoms with E-state index in [2.05, 4.69) is 59.6 Å². The van der Waals surface area contributed by atoms with Gasteiger partial charge in [0.05, 0.1) is 0 Å². The van der Waals surface area contributed by atoms with E-state index in [1.54, 1.807) is 0 Å². The van der Waals surface area contributed by atoms with Crippen LogP contribution in [0.2, 0.25) is 0 Å². The molecule has 0 aliphatic carbocycles. The van der Waals surface area contributed by atoms with Crippen LogP contribution in [0.25, 0.3) is 0 Å². The van der Waals surface area contributed by atoms with E-state index in [0.29, 0.717) is 18.5 Å². The maximum atomic E-state index is 10.7. The SMILES string of the molecule is CC(c1ccccc1)N1CCC(Nc2cccc(CCC(=O)O)c2)C1. The van der Waals surface area contributed by atoms with Crippen molar-refractivity contribution in [3.8, 4) is 0 Å². The van der Waals surface area contributed by atoms with Gasteiger partial charge in [-0.3, -0.25) is 9.69 Å². The molecular weight excluding hydrogens is 312 g/mol. The summed E-state index contributed by atoms with van der Waals surface area (Å²) in [5.41, 5.74) is 3.51. The van der Waals surface area contributed by atoms with E-state index in [0.717, 1.165) is 30.8 Å². The van der Waals surface area contributed by atoms with Crippen LogP contribution in [-0.4, -0.2) is 35.1 Å². The number of hydrogen-bond donors (Lipinski definition) is 2.